The Hall–Kier alpha value is -2.12. The summed E-state index contributed by atoms with van der Waals surface area (Å²) in [5.41, 5.74) is 3.97. The smallest absolute Gasteiger partial charge is 0.407 e. The molecule has 2 aliphatic heterocycles. The number of nitrogens with zero attached hydrogens (tertiary/aromatic N) is 3. The van der Waals surface area contributed by atoms with Gasteiger partial charge in [-0.15, -0.1) is 0 Å². The van der Waals surface area contributed by atoms with Crippen molar-refractivity contribution in [2.45, 2.75) is 39.4 Å². The molecular weight excluding hydrogens is 344 g/mol. The van der Waals surface area contributed by atoms with Gasteiger partial charge in [0, 0.05) is 65.3 Å². The van der Waals surface area contributed by atoms with E-state index in [2.05, 4.69) is 40.2 Å². The van der Waals surface area contributed by atoms with Gasteiger partial charge in [-0.1, -0.05) is 18.2 Å². The van der Waals surface area contributed by atoms with Crippen LogP contribution in [0, 0.1) is 6.92 Å². The van der Waals surface area contributed by atoms with E-state index in [1.54, 1.807) is 6.92 Å². The highest BCUT2D eigenvalue weighted by molar-refractivity contribution is 5.73. The van der Waals surface area contributed by atoms with E-state index in [0.717, 1.165) is 45.7 Å². The topological polar surface area (TPSA) is 76.1 Å². The molecule has 27 heavy (non-hydrogen) atoms. The van der Waals surface area contributed by atoms with Crippen molar-refractivity contribution in [3.05, 3.63) is 34.9 Å². The van der Waals surface area contributed by atoms with Gasteiger partial charge in [0.1, 0.15) is 0 Å². The second kappa shape index (κ2) is 8.71. The number of likely N-dealkylation sites (tertiary alicyclic amines) is 1. The second-order valence-electron chi connectivity index (χ2n) is 7.67. The molecule has 1 unspecified atom stereocenters. The summed E-state index contributed by atoms with van der Waals surface area (Å²) >= 11 is 0. The molecule has 7 nitrogen and oxygen atoms in total. The van der Waals surface area contributed by atoms with Crippen LogP contribution in [0.5, 0.6) is 0 Å². The molecule has 3 rings (SSSR count). The van der Waals surface area contributed by atoms with E-state index < -0.39 is 6.09 Å². The number of rotatable bonds is 5. The molecule has 2 aliphatic rings. The van der Waals surface area contributed by atoms with Gasteiger partial charge in [-0.3, -0.25) is 14.6 Å². The molecule has 2 fully saturated rings. The number of carbonyl (C=O) groups excluding carboxylic acids is 1. The first-order valence-corrected chi connectivity index (χ1v) is 9.69. The fraction of sp³-hybridized carbons (Fsp3) is 0.600. The molecule has 0 aliphatic carbocycles. The molecule has 0 radical (unpaired) electrons. The lowest BCUT2D eigenvalue weighted by Crippen LogP contribution is -2.47. The fourth-order valence-electron chi connectivity index (χ4n) is 4.04. The summed E-state index contributed by atoms with van der Waals surface area (Å²) in [6.07, 6.45) is 0.183. The Bertz CT molecular complexity index is 664. The molecule has 2 heterocycles. The van der Waals surface area contributed by atoms with Crippen molar-refractivity contribution in [1.82, 2.24) is 20.0 Å². The average molecular weight is 374 g/mol. The second-order valence-corrected chi connectivity index (χ2v) is 7.67. The van der Waals surface area contributed by atoms with E-state index in [1.807, 2.05) is 0 Å². The maximum Gasteiger partial charge on any atom is 0.407 e. The zero-order chi connectivity index (χ0) is 19.4. The third-order valence-corrected chi connectivity index (χ3v) is 5.67. The predicted molar refractivity (Wildman–Crippen MR) is 104 cm³/mol. The van der Waals surface area contributed by atoms with Gasteiger partial charge in [-0.2, -0.15) is 0 Å². The number of benzene rings is 1. The van der Waals surface area contributed by atoms with Gasteiger partial charge in [0.15, 0.2) is 0 Å². The van der Waals surface area contributed by atoms with Crippen LogP contribution in [0.3, 0.4) is 0 Å². The monoisotopic (exact) mass is 374 g/mol. The molecular formula is C20H30N4O3. The molecule has 0 spiro atoms. The first-order valence-electron chi connectivity index (χ1n) is 9.69. The highest BCUT2D eigenvalue weighted by Crippen LogP contribution is 2.20. The zero-order valence-corrected chi connectivity index (χ0v) is 16.3. The quantitative estimate of drug-likeness (QED) is 0.817. The van der Waals surface area contributed by atoms with Crippen LogP contribution in [-0.2, 0) is 17.9 Å². The Labute approximate surface area is 160 Å². The standard InChI is InChI=1S/C20H30N4O3/c1-15-17(12-22-8-10-24(11-9-22)20(26)27)4-3-5-18(15)13-23-7-6-19(14-23)21-16(2)25/h3-5,19H,6-14H2,1-2H3,(H,21,25)(H,26,27). The maximum atomic E-state index is 11.2. The number of carboxylic acid groups (broad SMARTS) is 1. The normalized spacial score (nSPS) is 21.4. The van der Waals surface area contributed by atoms with Gasteiger partial charge in [-0.25, -0.2) is 4.79 Å². The number of nitrogens with one attached hydrogen (secondary N) is 1. The number of piperazine rings is 1. The van der Waals surface area contributed by atoms with E-state index in [1.165, 1.54) is 21.6 Å². The van der Waals surface area contributed by atoms with Crippen molar-refractivity contribution in [1.29, 1.82) is 0 Å². The largest absolute Gasteiger partial charge is 0.465 e. The predicted octanol–water partition coefficient (Wildman–Crippen LogP) is 1.50. The van der Waals surface area contributed by atoms with E-state index in [4.69, 9.17) is 5.11 Å². The number of hydrogen-bond acceptors (Lipinski definition) is 4. The number of hydrogen-bond donors (Lipinski definition) is 2. The van der Waals surface area contributed by atoms with Crippen LogP contribution in [0.2, 0.25) is 0 Å². The summed E-state index contributed by atoms with van der Waals surface area (Å²) < 4.78 is 0. The minimum absolute atomic E-state index is 0.0445. The molecule has 2 amide bonds. The Morgan fingerprint density at radius 1 is 1.07 bits per heavy atom. The van der Waals surface area contributed by atoms with Crippen molar-refractivity contribution in [3.8, 4) is 0 Å². The van der Waals surface area contributed by atoms with Crippen molar-refractivity contribution < 1.29 is 14.7 Å². The first kappa shape index (κ1) is 19.6. The summed E-state index contributed by atoms with van der Waals surface area (Å²) in [7, 11) is 0. The zero-order valence-electron chi connectivity index (χ0n) is 16.3. The van der Waals surface area contributed by atoms with Crippen LogP contribution in [0.25, 0.3) is 0 Å². The molecule has 0 aromatic heterocycles. The Kier molecular flexibility index (Phi) is 6.34. The van der Waals surface area contributed by atoms with Crippen LogP contribution >= 0.6 is 0 Å². The molecule has 2 saturated heterocycles. The number of amides is 2. The van der Waals surface area contributed by atoms with Crippen LogP contribution in [-0.4, -0.2) is 77.1 Å². The van der Waals surface area contributed by atoms with Crippen molar-refractivity contribution in [2.24, 2.45) is 0 Å². The van der Waals surface area contributed by atoms with Gasteiger partial charge in [0.25, 0.3) is 0 Å². The van der Waals surface area contributed by atoms with E-state index in [9.17, 15) is 9.59 Å². The molecule has 2 N–H and O–H groups in total. The Morgan fingerprint density at radius 3 is 2.30 bits per heavy atom. The summed E-state index contributed by atoms with van der Waals surface area (Å²) in [4.78, 5) is 28.5. The lowest BCUT2D eigenvalue weighted by atomic mass is 10.0. The fourth-order valence-corrected chi connectivity index (χ4v) is 4.04. The van der Waals surface area contributed by atoms with Gasteiger partial charge in [0.2, 0.25) is 5.91 Å². The minimum atomic E-state index is -0.823. The Balaban J connectivity index is 1.56. The third kappa shape index (κ3) is 5.20. The summed E-state index contributed by atoms with van der Waals surface area (Å²) in [6, 6.07) is 6.74. The van der Waals surface area contributed by atoms with Gasteiger partial charge < -0.3 is 15.3 Å². The molecule has 1 aromatic carbocycles. The van der Waals surface area contributed by atoms with Gasteiger partial charge in [-0.05, 0) is 30.0 Å². The van der Waals surface area contributed by atoms with Crippen molar-refractivity contribution >= 4 is 12.0 Å². The molecule has 0 bridgehead atoms. The number of carbonyl (C=O) groups is 2. The van der Waals surface area contributed by atoms with E-state index >= 15 is 0 Å². The molecule has 1 atom stereocenters. The van der Waals surface area contributed by atoms with Gasteiger partial charge >= 0.3 is 6.09 Å². The van der Waals surface area contributed by atoms with Crippen LogP contribution in [0.1, 0.15) is 30.0 Å². The highest BCUT2D eigenvalue weighted by Gasteiger charge is 2.24. The molecule has 148 valence electrons. The minimum Gasteiger partial charge on any atom is -0.465 e. The van der Waals surface area contributed by atoms with E-state index in [-0.39, 0.29) is 11.9 Å². The summed E-state index contributed by atoms with van der Waals surface area (Å²) in [5.74, 6) is 0.0445. The van der Waals surface area contributed by atoms with Crippen LogP contribution < -0.4 is 5.32 Å². The summed E-state index contributed by atoms with van der Waals surface area (Å²) in [5, 5.41) is 12.1. The Morgan fingerprint density at radius 2 is 1.70 bits per heavy atom. The van der Waals surface area contributed by atoms with Crippen molar-refractivity contribution in [2.75, 3.05) is 39.3 Å². The van der Waals surface area contributed by atoms with Crippen molar-refractivity contribution in [3.63, 3.8) is 0 Å². The molecule has 7 heteroatoms. The average Bonchev–Trinajstić information content (AvgIpc) is 3.05. The lowest BCUT2D eigenvalue weighted by molar-refractivity contribution is -0.119. The van der Waals surface area contributed by atoms with Crippen LogP contribution in [0.4, 0.5) is 4.79 Å². The molecule has 0 saturated carbocycles. The first-order chi connectivity index (χ1) is 12.9. The van der Waals surface area contributed by atoms with Crippen LogP contribution in [0.15, 0.2) is 18.2 Å². The SMILES string of the molecule is CC(=O)NC1CCN(Cc2cccc(CN3CCN(C(=O)O)CC3)c2C)C1. The third-order valence-electron chi connectivity index (χ3n) is 5.67. The lowest BCUT2D eigenvalue weighted by Gasteiger charge is -2.33. The molecule has 1 aromatic rings. The summed E-state index contributed by atoms with van der Waals surface area (Å²) in [6.45, 7) is 10.1. The maximum absolute atomic E-state index is 11.2. The van der Waals surface area contributed by atoms with E-state index in [0.29, 0.717) is 13.1 Å². The van der Waals surface area contributed by atoms with Gasteiger partial charge in [0.05, 0.1) is 0 Å². The highest BCUT2D eigenvalue weighted by atomic mass is 16.4.